The second kappa shape index (κ2) is 5.91. The maximum atomic E-state index is 12.2. The quantitative estimate of drug-likeness (QED) is 0.919. The van der Waals surface area contributed by atoms with Gasteiger partial charge in [0.05, 0.1) is 0 Å². The zero-order valence-electron chi connectivity index (χ0n) is 11.8. The van der Waals surface area contributed by atoms with Crippen molar-refractivity contribution < 1.29 is 4.79 Å². The highest BCUT2D eigenvalue weighted by molar-refractivity contribution is 7.15. The number of anilines is 2. The molecule has 0 fully saturated rings. The molecule has 2 aromatic rings. The normalized spacial score (nSPS) is 10.4. The van der Waals surface area contributed by atoms with Crippen LogP contribution >= 0.6 is 11.3 Å². The van der Waals surface area contributed by atoms with Crippen LogP contribution in [0.5, 0.6) is 0 Å². The van der Waals surface area contributed by atoms with Gasteiger partial charge in [0.1, 0.15) is 10.7 Å². The smallest absolute Gasteiger partial charge is 0.276 e. The van der Waals surface area contributed by atoms with Crippen LogP contribution in [0.3, 0.4) is 0 Å². The largest absolute Gasteiger partial charge is 0.347 e. The van der Waals surface area contributed by atoms with E-state index in [1.165, 1.54) is 11.3 Å². The number of carbonyl (C=O) groups excluding carboxylic acids is 1. The lowest BCUT2D eigenvalue weighted by Crippen LogP contribution is -2.19. The van der Waals surface area contributed by atoms with E-state index in [1.807, 2.05) is 27.9 Å². The van der Waals surface area contributed by atoms with Gasteiger partial charge in [0.25, 0.3) is 5.91 Å². The molecule has 1 N–H and O–H groups in total. The van der Waals surface area contributed by atoms with E-state index >= 15 is 0 Å². The van der Waals surface area contributed by atoms with E-state index in [1.54, 1.807) is 11.0 Å². The first-order valence-corrected chi connectivity index (χ1v) is 6.98. The minimum Gasteiger partial charge on any atom is -0.347 e. The lowest BCUT2D eigenvalue weighted by molar-refractivity contribution is 0.102. The second-order valence-electron chi connectivity index (χ2n) is 4.40. The van der Waals surface area contributed by atoms with Crippen LogP contribution in [0.2, 0.25) is 0 Å². The van der Waals surface area contributed by atoms with E-state index in [9.17, 15) is 4.79 Å². The number of nitrogens with one attached hydrogen (secondary N) is 1. The summed E-state index contributed by atoms with van der Waals surface area (Å²) in [6, 6.07) is 1.64. The first-order valence-electron chi connectivity index (χ1n) is 6.16. The molecule has 0 atom stereocenters. The lowest BCUT2D eigenvalue weighted by Gasteiger charge is -2.11. The maximum absolute atomic E-state index is 12.2. The number of aryl methyl sites for hydroxylation is 2. The van der Waals surface area contributed by atoms with Crippen molar-refractivity contribution in [3.8, 4) is 0 Å². The first-order chi connectivity index (χ1) is 9.49. The van der Waals surface area contributed by atoms with E-state index < -0.39 is 0 Å². The zero-order chi connectivity index (χ0) is 14.7. The van der Waals surface area contributed by atoms with Gasteiger partial charge in [-0.05, 0) is 19.4 Å². The summed E-state index contributed by atoms with van der Waals surface area (Å²) in [5, 5.41) is 11.9. The molecule has 7 nitrogen and oxygen atoms in total. The molecule has 2 heterocycles. The topological polar surface area (TPSA) is 83.9 Å². The number of amides is 1. The van der Waals surface area contributed by atoms with Crippen LogP contribution in [0, 0.1) is 6.92 Å². The van der Waals surface area contributed by atoms with Crippen LogP contribution in [0.25, 0.3) is 0 Å². The molecule has 0 bridgehead atoms. The van der Waals surface area contributed by atoms with Gasteiger partial charge < -0.3 is 4.90 Å². The van der Waals surface area contributed by atoms with Crippen molar-refractivity contribution in [3.05, 3.63) is 22.5 Å². The Morgan fingerprint density at radius 3 is 2.70 bits per heavy atom. The Labute approximate surface area is 121 Å². The molecule has 0 saturated carbocycles. The molecule has 2 aromatic heterocycles. The van der Waals surface area contributed by atoms with Crippen LogP contribution < -0.4 is 10.2 Å². The third-order valence-electron chi connectivity index (χ3n) is 2.46. The summed E-state index contributed by atoms with van der Waals surface area (Å²) >= 11 is 1.36. The van der Waals surface area contributed by atoms with Gasteiger partial charge in [-0.3, -0.25) is 10.1 Å². The predicted molar refractivity (Wildman–Crippen MR) is 78.3 cm³/mol. The monoisotopic (exact) mass is 292 g/mol. The average Bonchev–Trinajstić information content (AvgIpc) is 2.85. The summed E-state index contributed by atoms with van der Waals surface area (Å²) in [5.74, 6) is 0.194. The Bertz CT molecular complexity index is 624. The molecule has 0 radical (unpaired) electrons. The molecule has 106 valence electrons. The maximum Gasteiger partial charge on any atom is 0.276 e. The molecule has 0 aliphatic rings. The Hall–Kier alpha value is -2.09. The minimum atomic E-state index is -0.308. The van der Waals surface area contributed by atoms with Crippen LogP contribution in [-0.2, 0) is 6.42 Å². The average molecular weight is 292 g/mol. The number of carbonyl (C=O) groups is 1. The van der Waals surface area contributed by atoms with Crippen molar-refractivity contribution in [2.24, 2.45) is 0 Å². The third-order valence-corrected chi connectivity index (χ3v) is 3.45. The van der Waals surface area contributed by atoms with Crippen LogP contribution in [0.15, 0.2) is 6.07 Å². The van der Waals surface area contributed by atoms with Gasteiger partial charge in [0.15, 0.2) is 0 Å². The summed E-state index contributed by atoms with van der Waals surface area (Å²) in [4.78, 5) is 22.4. The Morgan fingerprint density at radius 1 is 1.35 bits per heavy atom. The fourth-order valence-electron chi connectivity index (χ4n) is 1.48. The van der Waals surface area contributed by atoms with Crippen molar-refractivity contribution >= 4 is 28.3 Å². The minimum absolute atomic E-state index is 0.308. The molecule has 2 rings (SSSR count). The Balaban J connectivity index is 2.20. The summed E-state index contributed by atoms with van der Waals surface area (Å²) < 4.78 is 0. The molecule has 1 amide bonds. The number of aromatic nitrogens is 4. The molecule has 0 unspecified atom stereocenters. The van der Waals surface area contributed by atoms with Crippen molar-refractivity contribution in [1.29, 1.82) is 0 Å². The summed E-state index contributed by atoms with van der Waals surface area (Å²) in [6.45, 7) is 3.81. The molecule has 0 aliphatic heterocycles. The van der Waals surface area contributed by atoms with Crippen LogP contribution in [0.1, 0.15) is 28.1 Å². The second-order valence-corrected chi connectivity index (χ2v) is 5.46. The van der Waals surface area contributed by atoms with Gasteiger partial charge in [-0.2, -0.15) is 0 Å². The molecular weight excluding hydrogens is 276 g/mol. The highest BCUT2D eigenvalue weighted by Crippen LogP contribution is 2.16. The highest BCUT2D eigenvalue weighted by atomic mass is 32.1. The zero-order valence-corrected chi connectivity index (χ0v) is 12.7. The van der Waals surface area contributed by atoms with E-state index in [0.29, 0.717) is 16.8 Å². The standard InChI is InChI=1S/C12H16N6OS/c1-5-9-16-17-12(20-9)15-10(19)8-6-7(2)13-11(14-8)18(3)4/h6H,5H2,1-4H3,(H,15,17,19). The van der Waals surface area contributed by atoms with Crippen molar-refractivity contribution in [3.63, 3.8) is 0 Å². The molecular formula is C12H16N6OS. The number of hydrogen-bond acceptors (Lipinski definition) is 7. The Morgan fingerprint density at radius 2 is 2.10 bits per heavy atom. The van der Waals surface area contributed by atoms with Gasteiger partial charge in [-0.15, -0.1) is 10.2 Å². The van der Waals surface area contributed by atoms with Crippen LogP contribution in [0.4, 0.5) is 11.1 Å². The van der Waals surface area contributed by atoms with E-state index in [2.05, 4.69) is 25.5 Å². The van der Waals surface area contributed by atoms with Crippen molar-refractivity contribution in [1.82, 2.24) is 20.2 Å². The number of nitrogens with zero attached hydrogens (tertiary/aromatic N) is 5. The van der Waals surface area contributed by atoms with Gasteiger partial charge in [0, 0.05) is 19.8 Å². The Kier molecular flexibility index (Phi) is 4.23. The lowest BCUT2D eigenvalue weighted by atomic mass is 10.3. The van der Waals surface area contributed by atoms with E-state index in [4.69, 9.17) is 0 Å². The van der Waals surface area contributed by atoms with Crippen LogP contribution in [-0.4, -0.2) is 40.2 Å². The molecule has 20 heavy (non-hydrogen) atoms. The van der Waals surface area contributed by atoms with Crippen molar-refractivity contribution in [2.75, 3.05) is 24.3 Å². The van der Waals surface area contributed by atoms with Crippen molar-refractivity contribution in [2.45, 2.75) is 20.3 Å². The van der Waals surface area contributed by atoms with Gasteiger partial charge >= 0.3 is 0 Å². The van der Waals surface area contributed by atoms with E-state index in [0.717, 1.165) is 17.1 Å². The predicted octanol–water partition coefficient (Wildman–Crippen LogP) is 1.52. The SMILES string of the molecule is CCc1nnc(NC(=O)c2cc(C)nc(N(C)C)n2)s1. The molecule has 0 aromatic carbocycles. The summed E-state index contributed by atoms with van der Waals surface area (Å²) in [6.07, 6.45) is 0.797. The fraction of sp³-hybridized carbons (Fsp3) is 0.417. The fourth-order valence-corrected chi connectivity index (χ4v) is 2.15. The molecule has 0 spiro atoms. The third kappa shape index (κ3) is 3.27. The van der Waals surface area contributed by atoms with Gasteiger partial charge in [-0.1, -0.05) is 18.3 Å². The van der Waals surface area contributed by atoms with E-state index in [-0.39, 0.29) is 5.91 Å². The highest BCUT2D eigenvalue weighted by Gasteiger charge is 2.14. The first kappa shape index (κ1) is 14.3. The molecule has 0 aliphatic carbocycles. The van der Waals surface area contributed by atoms with Gasteiger partial charge in [0.2, 0.25) is 11.1 Å². The number of hydrogen-bond donors (Lipinski definition) is 1. The number of rotatable bonds is 4. The molecule has 8 heteroatoms. The van der Waals surface area contributed by atoms with Gasteiger partial charge in [-0.25, -0.2) is 9.97 Å². The summed E-state index contributed by atoms with van der Waals surface area (Å²) in [7, 11) is 3.66. The summed E-state index contributed by atoms with van der Waals surface area (Å²) in [5.41, 5.74) is 1.05. The molecule has 0 saturated heterocycles.